The largest absolute Gasteiger partial charge is 0.491 e. The van der Waals surface area contributed by atoms with E-state index in [-0.39, 0.29) is 0 Å². The van der Waals surface area contributed by atoms with E-state index >= 15 is 0 Å². The minimum absolute atomic E-state index is 0.413. The molecule has 0 aliphatic carbocycles. The van der Waals surface area contributed by atoms with E-state index < -0.39 is 5.97 Å². The monoisotopic (exact) mass is 275 g/mol. The van der Waals surface area contributed by atoms with Crippen molar-refractivity contribution >= 4 is 11.7 Å². The molecule has 1 aromatic heterocycles. The van der Waals surface area contributed by atoms with Crippen molar-refractivity contribution in [1.29, 1.82) is 0 Å². The van der Waals surface area contributed by atoms with Gasteiger partial charge in [0.05, 0.1) is 31.3 Å². The van der Waals surface area contributed by atoms with Crippen LogP contribution in [0.3, 0.4) is 0 Å². The molecule has 0 unspecified atom stereocenters. The number of anilines is 1. The molecule has 0 saturated carbocycles. The van der Waals surface area contributed by atoms with Crippen molar-refractivity contribution < 1.29 is 14.3 Å². The molecular formula is C14H17N3O3. The Morgan fingerprint density at radius 2 is 2.30 bits per heavy atom. The molecular weight excluding hydrogens is 258 g/mol. The van der Waals surface area contributed by atoms with E-state index in [1.807, 2.05) is 10.8 Å². The third kappa shape index (κ3) is 3.50. The minimum atomic E-state index is -0.414. The van der Waals surface area contributed by atoms with Crippen LogP contribution < -0.4 is 10.5 Å². The number of hydrogen-bond donors (Lipinski definition) is 1. The highest BCUT2D eigenvalue weighted by Crippen LogP contribution is 2.23. The van der Waals surface area contributed by atoms with Gasteiger partial charge < -0.3 is 19.8 Å². The molecule has 1 heterocycles. The lowest BCUT2D eigenvalue weighted by atomic mass is 10.2. The Labute approximate surface area is 117 Å². The first-order chi connectivity index (χ1) is 9.70. The highest BCUT2D eigenvalue weighted by molar-refractivity contribution is 5.90. The summed E-state index contributed by atoms with van der Waals surface area (Å²) in [5, 5.41) is 0. The maximum atomic E-state index is 11.3. The van der Waals surface area contributed by atoms with E-state index in [0.29, 0.717) is 23.6 Å². The fourth-order valence-corrected chi connectivity index (χ4v) is 1.77. The molecule has 0 bridgehead atoms. The number of nitrogen functional groups attached to an aromatic ring is 1. The molecule has 0 aliphatic heterocycles. The Balaban J connectivity index is 1.85. The van der Waals surface area contributed by atoms with Crippen LogP contribution in [0.1, 0.15) is 16.8 Å². The van der Waals surface area contributed by atoms with Gasteiger partial charge in [-0.25, -0.2) is 9.78 Å². The summed E-state index contributed by atoms with van der Waals surface area (Å²) in [5.41, 5.74) is 6.68. The molecule has 0 saturated heterocycles. The van der Waals surface area contributed by atoms with Crippen LogP contribution >= 0.6 is 0 Å². The van der Waals surface area contributed by atoms with E-state index in [2.05, 4.69) is 9.72 Å². The van der Waals surface area contributed by atoms with Crippen molar-refractivity contribution in [1.82, 2.24) is 9.55 Å². The summed E-state index contributed by atoms with van der Waals surface area (Å²) in [4.78, 5) is 15.3. The van der Waals surface area contributed by atoms with Gasteiger partial charge in [0.15, 0.2) is 0 Å². The fourth-order valence-electron chi connectivity index (χ4n) is 1.77. The molecule has 0 fully saturated rings. The summed E-state index contributed by atoms with van der Waals surface area (Å²) in [5.74, 6) is 0.159. The lowest BCUT2D eigenvalue weighted by Crippen LogP contribution is -2.06. The third-order valence-electron chi connectivity index (χ3n) is 2.81. The van der Waals surface area contributed by atoms with Gasteiger partial charge in [0, 0.05) is 18.9 Å². The van der Waals surface area contributed by atoms with Crippen LogP contribution in [0.4, 0.5) is 5.69 Å². The first-order valence-corrected chi connectivity index (χ1v) is 6.27. The average Bonchev–Trinajstić information content (AvgIpc) is 2.97. The zero-order chi connectivity index (χ0) is 14.4. The Hall–Kier alpha value is -2.50. The molecule has 2 N–H and O–H groups in total. The number of hydrogen-bond acceptors (Lipinski definition) is 5. The van der Waals surface area contributed by atoms with Gasteiger partial charge in [-0.15, -0.1) is 0 Å². The van der Waals surface area contributed by atoms with Gasteiger partial charge in [0.2, 0.25) is 0 Å². The molecule has 0 aliphatic rings. The molecule has 1 aromatic carbocycles. The number of carbonyl (C=O) groups excluding carboxylic acids is 1. The van der Waals surface area contributed by atoms with Gasteiger partial charge in [0.1, 0.15) is 5.75 Å². The number of methoxy groups -OCH3 is 1. The lowest BCUT2D eigenvalue weighted by Gasteiger charge is -2.10. The second kappa shape index (κ2) is 6.60. The maximum absolute atomic E-state index is 11.3. The third-order valence-corrected chi connectivity index (χ3v) is 2.81. The number of aryl methyl sites for hydroxylation is 1. The first-order valence-electron chi connectivity index (χ1n) is 6.27. The van der Waals surface area contributed by atoms with Crippen LogP contribution in [0.25, 0.3) is 0 Å². The van der Waals surface area contributed by atoms with E-state index in [1.165, 1.54) is 7.11 Å². The number of esters is 1. The number of carbonyl (C=O) groups is 1. The van der Waals surface area contributed by atoms with E-state index in [0.717, 1.165) is 13.0 Å². The Kier molecular flexibility index (Phi) is 4.60. The number of aromatic nitrogens is 2. The molecule has 6 nitrogen and oxygen atoms in total. The zero-order valence-electron chi connectivity index (χ0n) is 11.3. The molecule has 20 heavy (non-hydrogen) atoms. The highest BCUT2D eigenvalue weighted by atomic mass is 16.5. The topological polar surface area (TPSA) is 79.4 Å². The Bertz CT molecular complexity index is 567. The Morgan fingerprint density at radius 1 is 1.45 bits per heavy atom. The fraction of sp³-hybridized carbons (Fsp3) is 0.286. The van der Waals surface area contributed by atoms with Crippen molar-refractivity contribution in [2.24, 2.45) is 0 Å². The normalized spacial score (nSPS) is 10.2. The average molecular weight is 275 g/mol. The van der Waals surface area contributed by atoms with Crippen LogP contribution in [0.2, 0.25) is 0 Å². The van der Waals surface area contributed by atoms with Gasteiger partial charge in [-0.1, -0.05) is 0 Å². The zero-order valence-corrected chi connectivity index (χ0v) is 11.3. The van der Waals surface area contributed by atoms with Crippen LogP contribution in [-0.4, -0.2) is 29.2 Å². The van der Waals surface area contributed by atoms with Crippen LogP contribution in [0.15, 0.2) is 36.9 Å². The van der Waals surface area contributed by atoms with Gasteiger partial charge in [0.25, 0.3) is 0 Å². The summed E-state index contributed by atoms with van der Waals surface area (Å²) in [7, 11) is 1.33. The second-order valence-electron chi connectivity index (χ2n) is 4.25. The standard InChI is InChI=1S/C14H17N3O3/c1-19-14(18)11-3-4-13(12(15)9-11)20-8-2-6-17-7-5-16-10-17/h3-5,7,9-10H,2,6,8,15H2,1H3. The predicted octanol–water partition coefficient (Wildman–Crippen LogP) is 1.72. The molecule has 6 heteroatoms. The van der Waals surface area contributed by atoms with Crippen LogP contribution in [0, 0.1) is 0 Å². The summed E-state index contributed by atoms with van der Waals surface area (Å²) >= 11 is 0. The number of rotatable bonds is 6. The quantitative estimate of drug-likeness (QED) is 0.493. The van der Waals surface area contributed by atoms with E-state index in [4.69, 9.17) is 10.5 Å². The van der Waals surface area contributed by atoms with Gasteiger partial charge >= 0.3 is 5.97 Å². The van der Waals surface area contributed by atoms with Gasteiger partial charge in [-0.05, 0) is 24.6 Å². The van der Waals surface area contributed by atoms with Crippen molar-refractivity contribution in [2.45, 2.75) is 13.0 Å². The number of ether oxygens (including phenoxy) is 2. The molecule has 0 radical (unpaired) electrons. The molecule has 106 valence electrons. The van der Waals surface area contributed by atoms with Crippen LogP contribution in [0.5, 0.6) is 5.75 Å². The minimum Gasteiger partial charge on any atom is -0.491 e. The van der Waals surface area contributed by atoms with Gasteiger partial charge in [-0.2, -0.15) is 0 Å². The molecule has 2 rings (SSSR count). The van der Waals surface area contributed by atoms with Crippen molar-refractivity contribution in [3.05, 3.63) is 42.5 Å². The van der Waals surface area contributed by atoms with Gasteiger partial charge in [-0.3, -0.25) is 0 Å². The SMILES string of the molecule is COC(=O)c1ccc(OCCCn2ccnc2)c(N)c1. The Morgan fingerprint density at radius 3 is 2.95 bits per heavy atom. The number of benzene rings is 1. The van der Waals surface area contributed by atoms with Crippen molar-refractivity contribution in [2.75, 3.05) is 19.5 Å². The number of nitrogens with two attached hydrogens (primary N) is 1. The highest BCUT2D eigenvalue weighted by Gasteiger charge is 2.08. The predicted molar refractivity (Wildman–Crippen MR) is 74.5 cm³/mol. The van der Waals surface area contributed by atoms with E-state index in [1.54, 1.807) is 30.7 Å². The maximum Gasteiger partial charge on any atom is 0.337 e. The van der Waals surface area contributed by atoms with E-state index in [9.17, 15) is 4.79 Å². The van der Waals surface area contributed by atoms with Crippen LogP contribution in [-0.2, 0) is 11.3 Å². The molecule has 0 spiro atoms. The summed E-state index contributed by atoms with van der Waals surface area (Å²) < 4.78 is 12.2. The van der Waals surface area contributed by atoms with Crippen molar-refractivity contribution in [3.63, 3.8) is 0 Å². The number of imidazole rings is 1. The smallest absolute Gasteiger partial charge is 0.337 e. The van der Waals surface area contributed by atoms with Crippen molar-refractivity contribution in [3.8, 4) is 5.75 Å². The summed E-state index contributed by atoms with van der Waals surface area (Å²) in [6, 6.07) is 4.86. The second-order valence-corrected chi connectivity index (χ2v) is 4.25. The number of nitrogens with zero attached hydrogens (tertiary/aromatic N) is 2. The molecule has 0 amide bonds. The summed E-state index contributed by atoms with van der Waals surface area (Å²) in [6.45, 7) is 1.38. The molecule has 0 atom stereocenters. The summed E-state index contributed by atoms with van der Waals surface area (Å²) in [6.07, 6.45) is 6.25. The first kappa shape index (κ1) is 13.9. The molecule has 2 aromatic rings. The lowest BCUT2D eigenvalue weighted by molar-refractivity contribution is 0.0601.